The topological polar surface area (TPSA) is 46.4 Å². The number of amides is 1. The first kappa shape index (κ1) is 13.4. The molecule has 0 spiro atoms. The maximum atomic E-state index is 11.3. The van der Waals surface area contributed by atoms with E-state index in [1.807, 2.05) is 40.9 Å². The number of nitrogens with zero attached hydrogens (tertiary/aromatic N) is 2. The van der Waals surface area contributed by atoms with Crippen LogP contribution in [-0.2, 0) is 11.2 Å². The summed E-state index contributed by atoms with van der Waals surface area (Å²) in [5, 5.41) is 7.24. The summed E-state index contributed by atoms with van der Waals surface area (Å²) in [5.41, 5.74) is 5.20. The molecule has 0 aliphatic heterocycles. The van der Waals surface area contributed by atoms with Gasteiger partial charge in [0.1, 0.15) is 0 Å². The molecule has 21 heavy (non-hydrogen) atoms. The predicted octanol–water partition coefficient (Wildman–Crippen LogP) is 3.52. The molecule has 1 aromatic carbocycles. The summed E-state index contributed by atoms with van der Waals surface area (Å²) in [5.74, 6) is -0.0494. The highest BCUT2D eigenvalue weighted by molar-refractivity contribution is 5.90. The molecule has 3 rings (SSSR count). The molecule has 0 fully saturated rings. The van der Waals surface area contributed by atoms with Crippen LogP contribution in [-0.4, -0.2) is 15.5 Å². The average Bonchev–Trinajstić information content (AvgIpc) is 2.95. The zero-order valence-corrected chi connectivity index (χ0v) is 12.1. The van der Waals surface area contributed by atoms with Crippen molar-refractivity contribution in [2.75, 3.05) is 5.32 Å². The van der Waals surface area contributed by atoms with Gasteiger partial charge in [-0.1, -0.05) is 19.1 Å². The molecule has 0 aliphatic rings. The molecule has 2 heterocycles. The lowest BCUT2D eigenvalue weighted by Gasteiger charge is -2.12. The fourth-order valence-corrected chi connectivity index (χ4v) is 2.53. The number of hydrogen-bond donors (Lipinski definition) is 1. The molecular formula is C17H17N3O. The Kier molecular flexibility index (Phi) is 3.44. The minimum Gasteiger partial charge on any atom is -0.326 e. The van der Waals surface area contributed by atoms with E-state index in [9.17, 15) is 4.79 Å². The number of nitrogens with one attached hydrogen (secondary N) is 1. The summed E-state index contributed by atoms with van der Waals surface area (Å²) in [7, 11) is 0. The smallest absolute Gasteiger partial charge is 0.221 e. The minimum atomic E-state index is -0.0494. The third-order valence-corrected chi connectivity index (χ3v) is 3.51. The van der Waals surface area contributed by atoms with E-state index in [0.29, 0.717) is 0 Å². The zero-order chi connectivity index (χ0) is 14.8. The Bertz CT molecular complexity index is 805. The second-order valence-corrected chi connectivity index (χ2v) is 4.99. The van der Waals surface area contributed by atoms with Crippen LogP contribution in [0.5, 0.6) is 0 Å². The van der Waals surface area contributed by atoms with Crippen LogP contribution in [0.1, 0.15) is 19.4 Å². The Balaban J connectivity index is 2.11. The van der Waals surface area contributed by atoms with Crippen molar-refractivity contribution in [1.29, 1.82) is 0 Å². The number of benzene rings is 1. The van der Waals surface area contributed by atoms with E-state index in [1.165, 1.54) is 6.92 Å². The van der Waals surface area contributed by atoms with E-state index in [2.05, 4.69) is 23.4 Å². The van der Waals surface area contributed by atoms with Crippen LogP contribution < -0.4 is 5.32 Å². The number of fused-ring (bicyclic) bond motifs is 1. The van der Waals surface area contributed by atoms with Crippen LogP contribution in [0.4, 0.5) is 5.69 Å². The summed E-state index contributed by atoms with van der Waals surface area (Å²) in [6.45, 7) is 3.61. The largest absolute Gasteiger partial charge is 0.326 e. The van der Waals surface area contributed by atoms with Gasteiger partial charge in [0.05, 0.1) is 17.4 Å². The van der Waals surface area contributed by atoms with Gasteiger partial charge < -0.3 is 5.32 Å². The molecule has 0 saturated carbocycles. The Morgan fingerprint density at radius 1 is 1.24 bits per heavy atom. The Morgan fingerprint density at radius 2 is 2.10 bits per heavy atom. The lowest BCUT2D eigenvalue weighted by molar-refractivity contribution is -0.114. The maximum absolute atomic E-state index is 11.3. The van der Waals surface area contributed by atoms with E-state index in [1.54, 1.807) is 6.20 Å². The summed E-state index contributed by atoms with van der Waals surface area (Å²) >= 11 is 0. The molecule has 1 amide bonds. The van der Waals surface area contributed by atoms with Gasteiger partial charge in [0, 0.05) is 18.2 Å². The molecule has 1 N–H and O–H groups in total. The van der Waals surface area contributed by atoms with Gasteiger partial charge in [-0.25, -0.2) is 4.52 Å². The van der Waals surface area contributed by atoms with Crippen molar-refractivity contribution in [2.45, 2.75) is 20.3 Å². The SMILES string of the molecule is CCc1cc(-c2cccc3ccnn23)ccc1NC(C)=O. The zero-order valence-electron chi connectivity index (χ0n) is 12.1. The molecule has 0 radical (unpaired) electrons. The van der Waals surface area contributed by atoms with E-state index in [-0.39, 0.29) is 5.91 Å². The minimum absolute atomic E-state index is 0.0494. The highest BCUT2D eigenvalue weighted by Gasteiger charge is 2.08. The highest BCUT2D eigenvalue weighted by atomic mass is 16.1. The van der Waals surface area contributed by atoms with Gasteiger partial charge in [-0.3, -0.25) is 4.79 Å². The van der Waals surface area contributed by atoms with Gasteiger partial charge in [-0.2, -0.15) is 5.10 Å². The molecule has 0 atom stereocenters. The van der Waals surface area contributed by atoms with Crippen molar-refractivity contribution in [2.24, 2.45) is 0 Å². The van der Waals surface area contributed by atoms with Crippen molar-refractivity contribution in [3.63, 3.8) is 0 Å². The first-order valence-corrected chi connectivity index (χ1v) is 7.02. The summed E-state index contributed by atoms with van der Waals surface area (Å²) in [6.07, 6.45) is 2.66. The number of pyridine rings is 1. The predicted molar refractivity (Wildman–Crippen MR) is 84.3 cm³/mol. The number of aromatic nitrogens is 2. The van der Waals surface area contributed by atoms with E-state index >= 15 is 0 Å². The Morgan fingerprint density at radius 3 is 2.86 bits per heavy atom. The van der Waals surface area contributed by atoms with Crippen molar-refractivity contribution in [3.05, 3.63) is 54.2 Å². The number of aryl methyl sites for hydroxylation is 1. The normalized spacial score (nSPS) is 10.8. The first-order chi connectivity index (χ1) is 10.2. The molecule has 0 aliphatic carbocycles. The van der Waals surface area contributed by atoms with Crippen molar-refractivity contribution in [3.8, 4) is 11.3 Å². The third-order valence-electron chi connectivity index (χ3n) is 3.51. The number of carbonyl (C=O) groups is 1. The number of anilines is 1. The molecule has 4 nitrogen and oxygen atoms in total. The lowest BCUT2D eigenvalue weighted by atomic mass is 10.0. The third kappa shape index (κ3) is 2.52. The fraction of sp³-hybridized carbons (Fsp3) is 0.176. The van der Waals surface area contributed by atoms with Crippen molar-refractivity contribution in [1.82, 2.24) is 9.61 Å². The van der Waals surface area contributed by atoms with Crippen LogP contribution in [0.15, 0.2) is 48.7 Å². The van der Waals surface area contributed by atoms with Crippen molar-refractivity contribution < 1.29 is 4.79 Å². The molecule has 0 bridgehead atoms. The molecule has 3 aromatic rings. The van der Waals surface area contributed by atoms with Crippen LogP contribution in [0.2, 0.25) is 0 Å². The number of rotatable bonds is 3. The molecule has 106 valence electrons. The van der Waals surface area contributed by atoms with E-state index in [0.717, 1.165) is 34.4 Å². The Labute approximate surface area is 123 Å². The van der Waals surface area contributed by atoms with Gasteiger partial charge in [0.2, 0.25) is 5.91 Å². The van der Waals surface area contributed by atoms with Gasteiger partial charge in [-0.05, 0) is 42.3 Å². The summed E-state index contributed by atoms with van der Waals surface area (Å²) in [4.78, 5) is 11.3. The van der Waals surface area contributed by atoms with Crippen molar-refractivity contribution >= 4 is 17.1 Å². The van der Waals surface area contributed by atoms with Gasteiger partial charge in [-0.15, -0.1) is 0 Å². The molecule has 0 unspecified atom stereocenters. The monoisotopic (exact) mass is 279 g/mol. The Hall–Kier alpha value is -2.62. The standard InChI is InChI=1S/C17H17N3O/c1-3-13-11-14(7-8-16(13)19-12(2)21)17-6-4-5-15-9-10-18-20(15)17/h4-11H,3H2,1-2H3,(H,19,21). The fourth-order valence-electron chi connectivity index (χ4n) is 2.53. The highest BCUT2D eigenvalue weighted by Crippen LogP contribution is 2.26. The van der Waals surface area contributed by atoms with Crippen LogP contribution in [0, 0.1) is 0 Å². The molecule has 4 heteroatoms. The van der Waals surface area contributed by atoms with Crippen LogP contribution >= 0.6 is 0 Å². The molecule has 0 saturated heterocycles. The lowest BCUT2D eigenvalue weighted by Crippen LogP contribution is -2.08. The maximum Gasteiger partial charge on any atom is 0.221 e. The van der Waals surface area contributed by atoms with Crippen LogP contribution in [0.3, 0.4) is 0 Å². The van der Waals surface area contributed by atoms with E-state index < -0.39 is 0 Å². The molecular weight excluding hydrogens is 262 g/mol. The van der Waals surface area contributed by atoms with Crippen LogP contribution in [0.25, 0.3) is 16.8 Å². The second kappa shape index (κ2) is 5.40. The number of carbonyl (C=O) groups excluding carboxylic acids is 1. The van der Waals surface area contributed by atoms with Gasteiger partial charge in [0.25, 0.3) is 0 Å². The quantitative estimate of drug-likeness (QED) is 0.797. The van der Waals surface area contributed by atoms with E-state index in [4.69, 9.17) is 0 Å². The van der Waals surface area contributed by atoms with Gasteiger partial charge in [0.15, 0.2) is 0 Å². The summed E-state index contributed by atoms with van der Waals surface area (Å²) < 4.78 is 1.92. The number of hydrogen-bond acceptors (Lipinski definition) is 2. The molecule has 2 aromatic heterocycles. The first-order valence-electron chi connectivity index (χ1n) is 7.02. The van der Waals surface area contributed by atoms with Gasteiger partial charge >= 0.3 is 0 Å². The summed E-state index contributed by atoms with van der Waals surface area (Å²) in [6, 6.07) is 14.2. The average molecular weight is 279 g/mol. The second-order valence-electron chi connectivity index (χ2n) is 4.99.